The Kier molecular flexibility index (Phi) is 3.92. The van der Waals surface area contributed by atoms with E-state index < -0.39 is 0 Å². The molecule has 0 radical (unpaired) electrons. The van der Waals surface area contributed by atoms with Crippen LogP contribution in [0.25, 0.3) is 22.4 Å². The van der Waals surface area contributed by atoms with E-state index in [1.54, 1.807) is 0 Å². The maximum atomic E-state index is 12.1. The van der Waals surface area contributed by atoms with E-state index in [-0.39, 0.29) is 18.6 Å². The number of nitrogens with zero attached hydrogens (tertiary/aromatic N) is 2. The SMILES string of the molecule is CC(C)OC(=O)Cn1c(-c2ccccc2)nc2ccccc21. The van der Waals surface area contributed by atoms with Crippen molar-refractivity contribution in [1.29, 1.82) is 0 Å². The minimum atomic E-state index is -0.254. The molecule has 0 aliphatic rings. The Morgan fingerprint density at radius 3 is 2.50 bits per heavy atom. The topological polar surface area (TPSA) is 44.1 Å². The van der Waals surface area contributed by atoms with Crippen molar-refractivity contribution in [3.05, 3.63) is 54.6 Å². The maximum Gasteiger partial charge on any atom is 0.326 e. The zero-order chi connectivity index (χ0) is 15.5. The highest BCUT2D eigenvalue weighted by molar-refractivity contribution is 5.83. The first kappa shape index (κ1) is 14.3. The molecule has 3 aromatic rings. The molecule has 0 spiro atoms. The molecule has 0 fully saturated rings. The third kappa shape index (κ3) is 2.86. The summed E-state index contributed by atoms with van der Waals surface area (Å²) < 4.78 is 7.19. The molecule has 0 atom stereocenters. The molecular formula is C18H18N2O2. The Bertz CT molecular complexity index is 791. The van der Waals surface area contributed by atoms with Crippen LogP contribution in [0.3, 0.4) is 0 Å². The van der Waals surface area contributed by atoms with Crippen molar-refractivity contribution in [2.45, 2.75) is 26.5 Å². The normalized spacial score (nSPS) is 11.0. The van der Waals surface area contributed by atoms with Gasteiger partial charge in [0.2, 0.25) is 0 Å². The van der Waals surface area contributed by atoms with E-state index in [0.29, 0.717) is 0 Å². The van der Waals surface area contributed by atoms with Crippen LogP contribution < -0.4 is 0 Å². The molecule has 0 amide bonds. The Morgan fingerprint density at radius 1 is 1.09 bits per heavy atom. The van der Waals surface area contributed by atoms with Gasteiger partial charge >= 0.3 is 5.97 Å². The van der Waals surface area contributed by atoms with Crippen molar-refractivity contribution in [2.75, 3.05) is 0 Å². The number of aromatic nitrogens is 2. The third-order valence-electron chi connectivity index (χ3n) is 3.34. The first-order chi connectivity index (χ1) is 10.6. The van der Waals surface area contributed by atoms with Crippen molar-refractivity contribution in [3.63, 3.8) is 0 Å². The number of hydrogen-bond acceptors (Lipinski definition) is 3. The van der Waals surface area contributed by atoms with Crippen LogP contribution in [0, 0.1) is 0 Å². The number of imidazole rings is 1. The van der Waals surface area contributed by atoms with Gasteiger partial charge in [0.1, 0.15) is 12.4 Å². The van der Waals surface area contributed by atoms with E-state index in [0.717, 1.165) is 22.4 Å². The average molecular weight is 294 g/mol. The van der Waals surface area contributed by atoms with Crippen molar-refractivity contribution < 1.29 is 9.53 Å². The summed E-state index contributed by atoms with van der Waals surface area (Å²) in [7, 11) is 0. The fourth-order valence-corrected chi connectivity index (χ4v) is 2.47. The minimum Gasteiger partial charge on any atom is -0.462 e. The molecule has 4 heteroatoms. The van der Waals surface area contributed by atoms with Gasteiger partial charge in [-0.1, -0.05) is 42.5 Å². The Morgan fingerprint density at radius 2 is 1.77 bits per heavy atom. The van der Waals surface area contributed by atoms with Gasteiger partial charge in [-0.05, 0) is 26.0 Å². The fourth-order valence-electron chi connectivity index (χ4n) is 2.47. The lowest BCUT2D eigenvalue weighted by molar-refractivity contribution is -0.147. The number of rotatable bonds is 4. The highest BCUT2D eigenvalue weighted by atomic mass is 16.5. The summed E-state index contributed by atoms with van der Waals surface area (Å²) in [6.07, 6.45) is -0.123. The van der Waals surface area contributed by atoms with Gasteiger partial charge < -0.3 is 9.30 Å². The standard InChI is InChI=1S/C18H18N2O2/c1-13(2)22-17(21)12-20-16-11-7-6-10-15(16)19-18(20)14-8-4-3-5-9-14/h3-11,13H,12H2,1-2H3. The van der Waals surface area contributed by atoms with E-state index in [1.165, 1.54) is 0 Å². The number of carbonyl (C=O) groups is 1. The molecule has 2 aromatic carbocycles. The maximum absolute atomic E-state index is 12.1. The van der Waals surface area contributed by atoms with E-state index in [2.05, 4.69) is 4.98 Å². The lowest BCUT2D eigenvalue weighted by Crippen LogP contribution is -2.18. The molecule has 0 bridgehead atoms. The smallest absolute Gasteiger partial charge is 0.326 e. The molecule has 1 heterocycles. The molecule has 1 aromatic heterocycles. The predicted octanol–water partition coefficient (Wildman–Crippen LogP) is 3.65. The van der Waals surface area contributed by atoms with Crippen LogP contribution in [0.5, 0.6) is 0 Å². The molecule has 0 N–H and O–H groups in total. The summed E-state index contributed by atoms with van der Waals surface area (Å²) in [6.45, 7) is 3.85. The van der Waals surface area contributed by atoms with Crippen molar-refractivity contribution in [1.82, 2.24) is 9.55 Å². The van der Waals surface area contributed by atoms with E-state index in [4.69, 9.17) is 4.74 Å². The van der Waals surface area contributed by atoms with Gasteiger partial charge in [-0.2, -0.15) is 0 Å². The highest BCUT2D eigenvalue weighted by Gasteiger charge is 2.16. The molecule has 0 saturated carbocycles. The van der Waals surface area contributed by atoms with Crippen LogP contribution in [0.15, 0.2) is 54.6 Å². The van der Waals surface area contributed by atoms with Gasteiger partial charge in [-0.3, -0.25) is 4.79 Å². The van der Waals surface area contributed by atoms with E-state index in [1.807, 2.05) is 73.0 Å². The van der Waals surface area contributed by atoms with Crippen molar-refractivity contribution >= 4 is 17.0 Å². The number of ether oxygens (including phenoxy) is 1. The largest absolute Gasteiger partial charge is 0.462 e. The summed E-state index contributed by atoms with van der Waals surface area (Å²) in [5.74, 6) is 0.526. The first-order valence-electron chi connectivity index (χ1n) is 7.35. The van der Waals surface area contributed by atoms with Crippen LogP contribution in [0.1, 0.15) is 13.8 Å². The lowest BCUT2D eigenvalue weighted by Gasteiger charge is -2.11. The Hall–Kier alpha value is -2.62. The fraction of sp³-hybridized carbons (Fsp3) is 0.222. The molecule has 22 heavy (non-hydrogen) atoms. The monoisotopic (exact) mass is 294 g/mol. The lowest BCUT2D eigenvalue weighted by atomic mass is 10.2. The quantitative estimate of drug-likeness (QED) is 0.690. The molecule has 0 aliphatic carbocycles. The van der Waals surface area contributed by atoms with Gasteiger partial charge in [0, 0.05) is 5.56 Å². The molecular weight excluding hydrogens is 276 g/mol. The third-order valence-corrected chi connectivity index (χ3v) is 3.34. The molecule has 0 aliphatic heterocycles. The molecule has 3 rings (SSSR count). The highest BCUT2D eigenvalue weighted by Crippen LogP contribution is 2.24. The number of para-hydroxylation sites is 2. The first-order valence-corrected chi connectivity index (χ1v) is 7.35. The van der Waals surface area contributed by atoms with E-state index >= 15 is 0 Å². The minimum absolute atomic E-state index is 0.123. The van der Waals surface area contributed by atoms with Crippen LogP contribution in [-0.2, 0) is 16.1 Å². The van der Waals surface area contributed by atoms with Crippen LogP contribution in [-0.4, -0.2) is 21.6 Å². The Balaban J connectivity index is 2.08. The van der Waals surface area contributed by atoms with Gasteiger partial charge in [-0.25, -0.2) is 4.98 Å². The summed E-state index contributed by atoms with van der Waals surface area (Å²) in [5.41, 5.74) is 2.79. The predicted molar refractivity (Wildman–Crippen MR) is 86.4 cm³/mol. The summed E-state index contributed by atoms with van der Waals surface area (Å²) >= 11 is 0. The van der Waals surface area contributed by atoms with Crippen LogP contribution in [0.4, 0.5) is 0 Å². The average Bonchev–Trinajstić information content (AvgIpc) is 2.86. The second-order valence-corrected chi connectivity index (χ2v) is 5.41. The number of fused-ring (bicyclic) bond motifs is 1. The van der Waals surface area contributed by atoms with Gasteiger partial charge in [0.05, 0.1) is 17.1 Å². The Labute approximate surface area is 129 Å². The molecule has 0 unspecified atom stereocenters. The van der Waals surface area contributed by atoms with Gasteiger partial charge in [0.25, 0.3) is 0 Å². The number of benzene rings is 2. The summed E-state index contributed by atoms with van der Waals surface area (Å²) in [5, 5.41) is 0. The summed E-state index contributed by atoms with van der Waals surface area (Å²) in [4.78, 5) is 16.7. The number of esters is 1. The molecule has 0 saturated heterocycles. The second-order valence-electron chi connectivity index (χ2n) is 5.41. The molecule has 112 valence electrons. The second kappa shape index (κ2) is 6.02. The van der Waals surface area contributed by atoms with Crippen molar-refractivity contribution in [3.8, 4) is 11.4 Å². The van der Waals surface area contributed by atoms with Gasteiger partial charge in [0.15, 0.2) is 0 Å². The molecule has 4 nitrogen and oxygen atoms in total. The van der Waals surface area contributed by atoms with Gasteiger partial charge in [-0.15, -0.1) is 0 Å². The van der Waals surface area contributed by atoms with Crippen LogP contribution >= 0.6 is 0 Å². The number of carbonyl (C=O) groups excluding carboxylic acids is 1. The van der Waals surface area contributed by atoms with E-state index in [9.17, 15) is 4.79 Å². The summed E-state index contributed by atoms with van der Waals surface area (Å²) in [6, 6.07) is 17.7. The zero-order valence-corrected chi connectivity index (χ0v) is 12.7. The number of hydrogen-bond donors (Lipinski definition) is 0. The van der Waals surface area contributed by atoms with Crippen LogP contribution in [0.2, 0.25) is 0 Å². The van der Waals surface area contributed by atoms with Crippen molar-refractivity contribution in [2.24, 2.45) is 0 Å². The zero-order valence-electron chi connectivity index (χ0n) is 12.7.